The fraction of sp³-hybridized carbons (Fsp3) is 0.929. The van der Waals surface area contributed by atoms with Gasteiger partial charge in [-0.1, -0.05) is 0 Å². The summed E-state index contributed by atoms with van der Waals surface area (Å²) in [5.74, 6) is 0.210. The van der Waals surface area contributed by atoms with Crippen molar-refractivity contribution in [3.05, 3.63) is 0 Å². The molecular weight excluding hydrogens is 258 g/mol. The first-order chi connectivity index (χ1) is 9.69. The Labute approximate surface area is 121 Å². The number of ether oxygens (including phenoxy) is 1. The highest BCUT2D eigenvalue weighted by Crippen LogP contribution is 2.20. The molecule has 6 heteroatoms. The first-order valence-corrected chi connectivity index (χ1v) is 7.61. The molecule has 1 aliphatic heterocycles. The van der Waals surface area contributed by atoms with Crippen LogP contribution in [0.25, 0.3) is 0 Å². The Morgan fingerprint density at radius 3 is 2.95 bits per heavy atom. The van der Waals surface area contributed by atoms with Crippen LogP contribution in [0.5, 0.6) is 0 Å². The topological polar surface area (TPSA) is 87.8 Å². The fourth-order valence-electron chi connectivity index (χ4n) is 2.80. The summed E-state index contributed by atoms with van der Waals surface area (Å²) in [6.45, 7) is 6.65. The van der Waals surface area contributed by atoms with Crippen molar-refractivity contribution >= 4 is 5.97 Å². The predicted octanol–water partition coefficient (Wildman–Crippen LogP) is -0.439. The SMILES string of the molecule is CCOC(=O)CC1CC(NCCCO)CN(CCN)C1. The summed E-state index contributed by atoms with van der Waals surface area (Å²) in [5.41, 5.74) is 5.63. The van der Waals surface area contributed by atoms with Crippen LogP contribution in [0.2, 0.25) is 0 Å². The van der Waals surface area contributed by atoms with Crippen molar-refractivity contribution in [2.24, 2.45) is 11.7 Å². The molecule has 1 fully saturated rings. The summed E-state index contributed by atoms with van der Waals surface area (Å²) in [6.07, 6.45) is 2.22. The molecule has 0 spiro atoms. The lowest BCUT2D eigenvalue weighted by molar-refractivity contribution is -0.144. The maximum atomic E-state index is 11.6. The van der Waals surface area contributed by atoms with Crippen LogP contribution in [0.4, 0.5) is 0 Å². The van der Waals surface area contributed by atoms with Gasteiger partial charge >= 0.3 is 5.97 Å². The number of aliphatic hydroxyl groups excluding tert-OH is 1. The molecular formula is C14H29N3O3. The van der Waals surface area contributed by atoms with Crippen molar-refractivity contribution in [2.45, 2.75) is 32.2 Å². The van der Waals surface area contributed by atoms with E-state index in [4.69, 9.17) is 15.6 Å². The van der Waals surface area contributed by atoms with Gasteiger partial charge in [-0.25, -0.2) is 0 Å². The molecule has 2 unspecified atom stereocenters. The molecule has 0 aromatic rings. The molecule has 0 radical (unpaired) electrons. The summed E-state index contributed by atoms with van der Waals surface area (Å²) >= 11 is 0. The summed E-state index contributed by atoms with van der Waals surface area (Å²) in [6, 6.07) is 0.362. The Hall–Kier alpha value is -0.690. The van der Waals surface area contributed by atoms with E-state index in [-0.39, 0.29) is 12.6 Å². The number of nitrogens with two attached hydrogens (primary N) is 1. The van der Waals surface area contributed by atoms with E-state index in [9.17, 15) is 4.79 Å². The molecule has 1 saturated heterocycles. The molecule has 0 aromatic heterocycles. The Bertz CT molecular complexity index is 276. The number of esters is 1. The van der Waals surface area contributed by atoms with E-state index in [0.717, 1.165) is 39.0 Å². The zero-order valence-electron chi connectivity index (χ0n) is 12.5. The van der Waals surface area contributed by atoms with E-state index < -0.39 is 0 Å². The molecule has 2 atom stereocenters. The molecule has 4 N–H and O–H groups in total. The number of hydrogen-bond donors (Lipinski definition) is 3. The number of piperidine rings is 1. The molecule has 0 bridgehead atoms. The van der Waals surface area contributed by atoms with Gasteiger partial charge in [0.1, 0.15) is 0 Å². The van der Waals surface area contributed by atoms with Crippen molar-refractivity contribution in [1.29, 1.82) is 0 Å². The maximum Gasteiger partial charge on any atom is 0.306 e. The van der Waals surface area contributed by atoms with Gasteiger partial charge < -0.3 is 25.8 Å². The molecule has 1 rings (SSSR count). The lowest BCUT2D eigenvalue weighted by atomic mass is 9.91. The predicted molar refractivity (Wildman–Crippen MR) is 78.3 cm³/mol. The van der Waals surface area contributed by atoms with Crippen LogP contribution in [0.3, 0.4) is 0 Å². The summed E-state index contributed by atoms with van der Waals surface area (Å²) in [4.78, 5) is 13.9. The number of carbonyl (C=O) groups is 1. The van der Waals surface area contributed by atoms with Crippen LogP contribution < -0.4 is 11.1 Å². The Kier molecular flexibility index (Phi) is 8.77. The van der Waals surface area contributed by atoms with Crippen molar-refractivity contribution in [3.63, 3.8) is 0 Å². The van der Waals surface area contributed by atoms with E-state index >= 15 is 0 Å². The largest absolute Gasteiger partial charge is 0.466 e. The number of hydrogen-bond acceptors (Lipinski definition) is 6. The highest BCUT2D eigenvalue weighted by molar-refractivity contribution is 5.69. The van der Waals surface area contributed by atoms with E-state index in [1.165, 1.54) is 0 Å². The lowest BCUT2D eigenvalue weighted by Crippen LogP contribution is -2.51. The number of nitrogens with one attached hydrogen (secondary N) is 1. The summed E-state index contributed by atoms with van der Waals surface area (Å²) < 4.78 is 5.04. The Morgan fingerprint density at radius 2 is 2.30 bits per heavy atom. The monoisotopic (exact) mass is 287 g/mol. The van der Waals surface area contributed by atoms with Crippen molar-refractivity contribution in [2.75, 3.05) is 45.9 Å². The molecule has 20 heavy (non-hydrogen) atoms. The average molecular weight is 287 g/mol. The minimum Gasteiger partial charge on any atom is -0.466 e. The fourth-order valence-corrected chi connectivity index (χ4v) is 2.80. The second-order valence-electron chi connectivity index (χ2n) is 5.39. The molecule has 0 saturated carbocycles. The van der Waals surface area contributed by atoms with E-state index in [1.807, 2.05) is 6.92 Å². The standard InChI is InChI=1S/C14H29N3O3/c1-2-20-14(19)9-12-8-13(16-5-3-7-18)11-17(10-12)6-4-15/h12-13,16,18H,2-11,15H2,1H3. The maximum absolute atomic E-state index is 11.6. The van der Waals surface area contributed by atoms with E-state index in [0.29, 0.717) is 31.5 Å². The van der Waals surface area contributed by atoms with Gasteiger partial charge in [0.15, 0.2) is 0 Å². The van der Waals surface area contributed by atoms with Crippen LogP contribution in [0.1, 0.15) is 26.2 Å². The molecule has 6 nitrogen and oxygen atoms in total. The van der Waals surface area contributed by atoms with Gasteiger partial charge in [0.2, 0.25) is 0 Å². The second kappa shape index (κ2) is 10.1. The molecule has 0 aromatic carbocycles. The van der Waals surface area contributed by atoms with E-state index in [1.54, 1.807) is 0 Å². The van der Waals surface area contributed by atoms with Gasteiger partial charge in [0, 0.05) is 45.2 Å². The normalized spacial score (nSPS) is 23.8. The second-order valence-corrected chi connectivity index (χ2v) is 5.39. The number of carbonyl (C=O) groups excluding carboxylic acids is 1. The lowest BCUT2D eigenvalue weighted by Gasteiger charge is -2.37. The molecule has 0 amide bonds. The van der Waals surface area contributed by atoms with Gasteiger partial charge in [0.05, 0.1) is 6.61 Å². The van der Waals surface area contributed by atoms with E-state index in [2.05, 4.69) is 10.2 Å². The first kappa shape index (κ1) is 17.4. The van der Waals surface area contributed by atoms with Crippen LogP contribution in [0.15, 0.2) is 0 Å². The summed E-state index contributed by atoms with van der Waals surface area (Å²) in [7, 11) is 0. The van der Waals surface area contributed by atoms with Crippen LogP contribution in [-0.2, 0) is 9.53 Å². The van der Waals surface area contributed by atoms with Gasteiger partial charge in [-0.3, -0.25) is 4.79 Å². The third-order valence-corrected chi connectivity index (χ3v) is 3.59. The van der Waals surface area contributed by atoms with Gasteiger partial charge in [-0.15, -0.1) is 0 Å². The Morgan fingerprint density at radius 1 is 1.50 bits per heavy atom. The molecule has 1 heterocycles. The van der Waals surface area contributed by atoms with Crippen LogP contribution >= 0.6 is 0 Å². The minimum atomic E-state index is -0.110. The molecule has 1 aliphatic rings. The van der Waals surface area contributed by atoms with Crippen LogP contribution in [0, 0.1) is 5.92 Å². The highest BCUT2D eigenvalue weighted by Gasteiger charge is 2.28. The zero-order valence-corrected chi connectivity index (χ0v) is 12.5. The zero-order chi connectivity index (χ0) is 14.8. The molecule has 0 aliphatic carbocycles. The van der Waals surface area contributed by atoms with Crippen molar-refractivity contribution in [3.8, 4) is 0 Å². The highest BCUT2D eigenvalue weighted by atomic mass is 16.5. The smallest absolute Gasteiger partial charge is 0.306 e. The third-order valence-electron chi connectivity index (χ3n) is 3.59. The van der Waals surface area contributed by atoms with Gasteiger partial charge in [0.25, 0.3) is 0 Å². The minimum absolute atomic E-state index is 0.110. The Balaban J connectivity index is 2.44. The quantitative estimate of drug-likeness (QED) is 0.394. The van der Waals surface area contributed by atoms with Crippen molar-refractivity contribution in [1.82, 2.24) is 10.2 Å². The summed E-state index contributed by atoms with van der Waals surface area (Å²) in [5, 5.41) is 12.3. The third kappa shape index (κ3) is 6.65. The van der Waals surface area contributed by atoms with Gasteiger partial charge in [-0.05, 0) is 32.2 Å². The number of rotatable bonds is 9. The molecule has 118 valence electrons. The van der Waals surface area contributed by atoms with Gasteiger partial charge in [-0.2, -0.15) is 0 Å². The average Bonchev–Trinajstić information content (AvgIpc) is 2.39. The first-order valence-electron chi connectivity index (χ1n) is 7.61. The number of nitrogens with zero attached hydrogens (tertiary/aromatic N) is 1. The van der Waals surface area contributed by atoms with Crippen molar-refractivity contribution < 1.29 is 14.6 Å². The number of likely N-dealkylation sites (tertiary alicyclic amines) is 1. The number of aliphatic hydroxyl groups is 1. The van der Waals surface area contributed by atoms with Crippen LogP contribution in [-0.4, -0.2) is 68.0 Å².